The summed E-state index contributed by atoms with van der Waals surface area (Å²) in [5.41, 5.74) is 3.14. The molecule has 1 saturated carbocycles. The van der Waals surface area contributed by atoms with Crippen LogP contribution < -0.4 is 10.6 Å². The number of nitrogens with zero attached hydrogens (tertiary/aromatic N) is 2. The molecule has 4 rings (SSSR count). The molecule has 1 aromatic carbocycles. The van der Waals surface area contributed by atoms with Gasteiger partial charge in [-0.15, -0.1) is 0 Å². The Bertz CT molecular complexity index is 898. The fourth-order valence-electron chi connectivity index (χ4n) is 3.33. The quantitative estimate of drug-likeness (QED) is 0.756. The van der Waals surface area contributed by atoms with Gasteiger partial charge in [0, 0.05) is 23.8 Å². The normalized spacial score (nSPS) is 14.6. The van der Waals surface area contributed by atoms with E-state index in [1.165, 1.54) is 12.8 Å². The van der Waals surface area contributed by atoms with E-state index in [9.17, 15) is 4.79 Å². The van der Waals surface area contributed by atoms with Gasteiger partial charge >= 0.3 is 0 Å². The Balaban J connectivity index is 1.55. The molecule has 0 aliphatic heterocycles. The zero-order valence-corrected chi connectivity index (χ0v) is 13.9. The van der Waals surface area contributed by atoms with Crippen molar-refractivity contribution in [3.63, 3.8) is 0 Å². The van der Waals surface area contributed by atoms with Crippen molar-refractivity contribution in [1.82, 2.24) is 15.3 Å². The largest absolute Gasteiger partial charge is 0.352 e. The van der Waals surface area contributed by atoms with Crippen molar-refractivity contribution in [3.05, 3.63) is 60.6 Å². The van der Waals surface area contributed by atoms with E-state index >= 15 is 0 Å². The molecule has 0 spiro atoms. The summed E-state index contributed by atoms with van der Waals surface area (Å²) in [7, 11) is 0. The molecule has 1 aliphatic rings. The number of carbonyl (C=O) groups is 1. The van der Waals surface area contributed by atoms with Crippen molar-refractivity contribution in [3.8, 4) is 0 Å². The molecule has 5 nitrogen and oxygen atoms in total. The second-order valence-corrected chi connectivity index (χ2v) is 6.42. The van der Waals surface area contributed by atoms with Crippen LogP contribution >= 0.6 is 0 Å². The number of hydrogen-bond acceptors (Lipinski definition) is 4. The molecule has 2 aromatic heterocycles. The van der Waals surface area contributed by atoms with Gasteiger partial charge in [0.2, 0.25) is 0 Å². The summed E-state index contributed by atoms with van der Waals surface area (Å²) in [6.07, 6.45) is 9.62. The molecular weight excluding hydrogens is 312 g/mol. The molecule has 1 amide bonds. The molecule has 5 heteroatoms. The van der Waals surface area contributed by atoms with Gasteiger partial charge < -0.3 is 10.6 Å². The van der Waals surface area contributed by atoms with Gasteiger partial charge in [0.05, 0.1) is 28.7 Å². The monoisotopic (exact) mass is 332 g/mol. The predicted molar refractivity (Wildman–Crippen MR) is 99.0 cm³/mol. The van der Waals surface area contributed by atoms with Crippen LogP contribution in [0.4, 0.5) is 11.4 Å². The Morgan fingerprint density at radius 2 is 1.92 bits per heavy atom. The van der Waals surface area contributed by atoms with Crippen LogP contribution in [0.15, 0.2) is 55.0 Å². The lowest BCUT2D eigenvalue weighted by Gasteiger charge is -2.13. The van der Waals surface area contributed by atoms with E-state index < -0.39 is 0 Å². The van der Waals surface area contributed by atoms with Gasteiger partial charge in [0.15, 0.2) is 0 Å². The van der Waals surface area contributed by atoms with Crippen molar-refractivity contribution in [2.24, 2.45) is 0 Å². The summed E-state index contributed by atoms with van der Waals surface area (Å²) in [6.45, 7) is 0. The smallest absolute Gasteiger partial charge is 0.253 e. The highest BCUT2D eigenvalue weighted by Crippen LogP contribution is 2.25. The molecule has 126 valence electrons. The number of rotatable bonds is 4. The molecule has 0 atom stereocenters. The Morgan fingerprint density at radius 3 is 2.80 bits per heavy atom. The Kier molecular flexibility index (Phi) is 4.29. The second kappa shape index (κ2) is 6.89. The highest BCUT2D eigenvalue weighted by atomic mass is 16.1. The topological polar surface area (TPSA) is 66.9 Å². The fourth-order valence-corrected chi connectivity index (χ4v) is 3.33. The molecule has 0 radical (unpaired) electrons. The van der Waals surface area contributed by atoms with E-state index in [1.54, 1.807) is 18.6 Å². The summed E-state index contributed by atoms with van der Waals surface area (Å²) in [4.78, 5) is 21.1. The van der Waals surface area contributed by atoms with E-state index in [0.29, 0.717) is 11.6 Å². The number of para-hydroxylation sites is 1. The van der Waals surface area contributed by atoms with Gasteiger partial charge in [0.1, 0.15) is 0 Å². The van der Waals surface area contributed by atoms with Crippen LogP contribution in [-0.4, -0.2) is 21.9 Å². The number of anilines is 2. The summed E-state index contributed by atoms with van der Waals surface area (Å²) in [5, 5.41) is 7.49. The number of hydrogen-bond donors (Lipinski definition) is 2. The number of aromatic nitrogens is 2. The third-order valence-electron chi connectivity index (χ3n) is 4.60. The first-order valence-electron chi connectivity index (χ1n) is 8.66. The van der Waals surface area contributed by atoms with E-state index in [0.717, 1.165) is 35.1 Å². The highest BCUT2D eigenvalue weighted by Gasteiger charge is 2.18. The average Bonchev–Trinajstić information content (AvgIpc) is 3.15. The van der Waals surface area contributed by atoms with Crippen molar-refractivity contribution in [1.29, 1.82) is 0 Å². The molecule has 25 heavy (non-hydrogen) atoms. The number of fused-ring (bicyclic) bond motifs is 1. The molecule has 1 fully saturated rings. The molecule has 3 aromatic rings. The Morgan fingerprint density at radius 1 is 1.08 bits per heavy atom. The number of nitrogens with one attached hydrogen (secondary N) is 2. The van der Waals surface area contributed by atoms with Gasteiger partial charge in [-0.05, 0) is 31.0 Å². The highest BCUT2D eigenvalue weighted by molar-refractivity contribution is 5.96. The van der Waals surface area contributed by atoms with Gasteiger partial charge in [0.25, 0.3) is 5.91 Å². The number of carbonyl (C=O) groups excluding carboxylic acids is 1. The van der Waals surface area contributed by atoms with Crippen LogP contribution in [0.5, 0.6) is 0 Å². The minimum Gasteiger partial charge on any atom is -0.352 e. The maximum Gasteiger partial charge on any atom is 0.253 e. The van der Waals surface area contributed by atoms with Crippen LogP contribution in [0.3, 0.4) is 0 Å². The summed E-state index contributed by atoms with van der Waals surface area (Å²) in [5.74, 6) is -0.0564. The zero-order valence-electron chi connectivity index (χ0n) is 13.9. The van der Waals surface area contributed by atoms with Crippen LogP contribution in [0, 0.1) is 0 Å². The standard InChI is InChI=1S/C20H20N4O/c25-20(24-16-7-1-2-8-16)15-11-17(13-21-12-15)23-18-9-3-5-14-6-4-10-22-19(14)18/h3-6,9-13,16,23H,1-2,7-8H2,(H,24,25). The summed E-state index contributed by atoms with van der Waals surface area (Å²) in [6, 6.07) is 12.1. The predicted octanol–water partition coefficient (Wildman–Crippen LogP) is 4.05. The lowest BCUT2D eigenvalue weighted by Crippen LogP contribution is -2.32. The SMILES string of the molecule is O=C(NC1CCCC1)c1cncc(Nc2cccc3cccnc23)c1. The molecule has 0 saturated heterocycles. The van der Waals surface area contributed by atoms with Gasteiger partial charge in [-0.3, -0.25) is 14.8 Å². The zero-order chi connectivity index (χ0) is 17.1. The van der Waals surface area contributed by atoms with Crippen molar-refractivity contribution < 1.29 is 4.79 Å². The third-order valence-corrected chi connectivity index (χ3v) is 4.60. The summed E-state index contributed by atoms with van der Waals surface area (Å²) >= 11 is 0. The van der Waals surface area contributed by atoms with Crippen LogP contribution in [0.2, 0.25) is 0 Å². The van der Waals surface area contributed by atoms with Crippen LogP contribution in [0.25, 0.3) is 10.9 Å². The number of pyridine rings is 2. The summed E-state index contributed by atoms with van der Waals surface area (Å²) < 4.78 is 0. The molecule has 2 heterocycles. The molecule has 0 unspecified atom stereocenters. The molecular formula is C20H20N4O. The van der Waals surface area contributed by atoms with Crippen molar-refractivity contribution in [2.75, 3.05) is 5.32 Å². The molecule has 2 N–H and O–H groups in total. The molecule has 1 aliphatic carbocycles. The number of amides is 1. The van der Waals surface area contributed by atoms with E-state index in [-0.39, 0.29) is 5.91 Å². The second-order valence-electron chi connectivity index (χ2n) is 6.42. The number of benzene rings is 1. The minimum absolute atomic E-state index is 0.0564. The van der Waals surface area contributed by atoms with Crippen molar-refractivity contribution in [2.45, 2.75) is 31.7 Å². The first kappa shape index (κ1) is 15.6. The van der Waals surface area contributed by atoms with E-state index in [2.05, 4.69) is 20.6 Å². The first-order chi connectivity index (χ1) is 12.3. The third kappa shape index (κ3) is 3.45. The lowest BCUT2D eigenvalue weighted by atomic mass is 10.1. The van der Waals surface area contributed by atoms with Gasteiger partial charge in [-0.1, -0.05) is 31.0 Å². The van der Waals surface area contributed by atoms with E-state index in [4.69, 9.17) is 0 Å². The fraction of sp³-hybridized carbons (Fsp3) is 0.250. The molecule has 0 bridgehead atoms. The van der Waals surface area contributed by atoms with E-state index in [1.807, 2.05) is 36.4 Å². The Labute approximate surface area is 146 Å². The first-order valence-corrected chi connectivity index (χ1v) is 8.66. The van der Waals surface area contributed by atoms with Gasteiger partial charge in [-0.2, -0.15) is 0 Å². The van der Waals surface area contributed by atoms with Crippen molar-refractivity contribution >= 4 is 28.2 Å². The average molecular weight is 332 g/mol. The Hall–Kier alpha value is -2.95. The van der Waals surface area contributed by atoms with Crippen LogP contribution in [-0.2, 0) is 0 Å². The lowest BCUT2D eigenvalue weighted by molar-refractivity contribution is 0.0937. The van der Waals surface area contributed by atoms with Crippen LogP contribution in [0.1, 0.15) is 36.0 Å². The van der Waals surface area contributed by atoms with Gasteiger partial charge in [-0.25, -0.2) is 0 Å². The minimum atomic E-state index is -0.0564. The maximum absolute atomic E-state index is 12.4. The maximum atomic E-state index is 12.4.